The van der Waals surface area contributed by atoms with Gasteiger partial charge in [0.05, 0.1) is 7.11 Å². The van der Waals surface area contributed by atoms with Gasteiger partial charge in [-0.3, -0.25) is 4.79 Å². The molecule has 3 heterocycles. The molecule has 0 radical (unpaired) electrons. The van der Waals surface area contributed by atoms with Crippen molar-refractivity contribution in [1.29, 1.82) is 0 Å². The molecule has 0 N–H and O–H groups in total. The van der Waals surface area contributed by atoms with Crippen molar-refractivity contribution in [3.63, 3.8) is 0 Å². The molecule has 1 fully saturated rings. The summed E-state index contributed by atoms with van der Waals surface area (Å²) in [7, 11) is 1.67. The van der Waals surface area contributed by atoms with E-state index in [1.807, 2.05) is 45.8 Å². The number of imidazole rings is 1. The number of rotatable bonds is 3. The summed E-state index contributed by atoms with van der Waals surface area (Å²) in [5, 5.41) is 0. The van der Waals surface area contributed by atoms with Crippen LogP contribution < -0.4 is 9.64 Å². The molecule has 0 saturated carbocycles. The first kappa shape index (κ1) is 15.5. The molecule has 2 aromatic heterocycles. The van der Waals surface area contributed by atoms with Crippen molar-refractivity contribution in [3.05, 3.63) is 60.6 Å². The van der Waals surface area contributed by atoms with E-state index in [9.17, 15) is 4.79 Å². The highest BCUT2D eigenvalue weighted by atomic mass is 16.5. The number of benzene rings is 1. The van der Waals surface area contributed by atoms with Gasteiger partial charge in [0.25, 0.3) is 5.91 Å². The van der Waals surface area contributed by atoms with Gasteiger partial charge in [0.1, 0.15) is 17.1 Å². The lowest BCUT2D eigenvalue weighted by Crippen LogP contribution is -2.48. The van der Waals surface area contributed by atoms with E-state index in [-0.39, 0.29) is 5.91 Å². The summed E-state index contributed by atoms with van der Waals surface area (Å²) in [5.74, 6) is 0.850. The highest BCUT2D eigenvalue weighted by molar-refractivity contribution is 5.93. The average Bonchev–Trinajstić information content (AvgIpc) is 3.12. The molecular weight excluding hydrogens is 316 g/mol. The van der Waals surface area contributed by atoms with E-state index in [0.29, 0.717) is 18.8 Å². The van der Waals surface area contributed by atoms with Gasteiger partial charge >= 0.3 is 0 Å². The van der Waals surface area contributed by atoms with Gasteiger partial charge < -0.3 is 18.9 Å². The number of pyridine rings is 1. The standard InChI is InChI=1S/C19H20N4O2/c1-25-16-7-5-15(6-8-16)21-10-12-22(13-11-21)19(24)17-14-23-9-3-2-4-18(23)20-17/h2-9,14H,10-13H2,1H3. The maximum atomic E-state index is 12.7. The Bertz CT molecular complexity index is 847. The Morgan fingerprint density at radius 2 is 1.80 bits per heavy atom. The van der Waals surface area contributed by atoms with Crippen LogP contribution in [0.4, 0.5) is 5.69 Å². The van der Waals surface area contributed by atoms with Crippen LogP contribution >= 0.6 is 0 Å². The van der Waals surface area contributed by atoms with Crippen molar-refractivity contribution in [1.82, 2.24) is 14.3 Å². The maximum absolute atomic E-state index is 12.7. The predicted molar refractivity (Wildman–Crippen MR) is 96.3 cm³/mol. The second-order valence-electron chi connectivity index (χ2n) is 6.07. The van der Waals surface area contributed by atoms with Gasteiger partial charge in [-0.2, -0.15) is 0 Å². The van der Waals surface area contributed by atoms with E-state index in [2.05, 4.69) is 22.0 Å². The van der Waals surface area contributed by atoms with Gasteiger partial charge in [0.2, 0.25) is 0 Å². The normalized spacial score (nSPS) is 14.8. The van der Waals surface area contributed by atoms with E-state index in [0.717, 1.165) is 30.2 Å². The molecule has 128 valence electrons. The van der Waals surface area contributed by atoms with Crippen molar-refractivity contribution < 1.29 is 9.53 Å². The number of carbonyl (C=O) groups is 1. The number of anilines is 1. The first-order chi connectivity index (χ1) is 12.2. The summed E-state index contributed by atoms with van der Waals surface area (Å²) in [4.78, 5) is 21.3. The Morgan fingerprint density at radius 1 is 1.04 bits per heavy atom. The van der Waals surface area contributed by atoms with E-state index < -0.39 is 0 Å². The number of ether oxygens (including phenoxy) is 1. The lowest BCUT2D eigenvalue weighted by Gasteiger charge is -2.35. The van der Waals surface area contributed by atoms with Crippen LogP contribution in [0.25, 0.3) is 5.65 Å². The number of hydrogen-bond acceptors (Lipinski definition) is 4. The summed E-state index contributed by atoms with van der Waals surface area (Å²) in [6.45, 7) is 3.01. The molecule has 0 unspecified atom stereocenters. The molecule has 1 aliphatic heterocycles. The molecule has 0 spiro atoms. The van der Waals surface area contributed by atoms with Crippen LogP contribution in [0.1, 0.15) is 10.5 Å². The van der Waals surface area contributed by atoms with E-state index in [4.69, 9.17) is 4.74 Å². The van der Waals surface area contributed by atoms with Gasteiger partial charge in [-0.1, -0.05) is 6.07 Å². The Morgan fingerprint density at radius 3 is 2.48 bits per heavy atom. The third-order valence-electron chi connectivity index (χ3n) is 4.59. The number of nitrogens with zero attached hydrogens (tertiary/aromatic N) is 4. The molecule has 6 nitrogen and oxygen atoms in total. The number of hydrogen-bond donors (Lipinski definition) is 0. The van der Waals surface area contributed by atoms with Gasteiger partial charge in [0.15, 0.2) is 0 Å². The Kier molecular flexibility index (Phi) is 4.01. The van der Waals surface area contributed by atoms with E-state index >= 15 is 0 Å². The molecule has 1 saturated heterocycles. The van der Waals surface area contributed by atoms with Crippen LogP contribution in [-0.2, 0) is 0 Å². The minimum Gasteiger partial charge on any atom is -0.497 e. The largest absolute Gasteiger partial charge is 0.497 e. The fourth-order valence-electron chi connectivity index (χ4n) is 3.16. The molecule has 1 amide bonds. The lowest BCUT2D eigenvalue weighted by molar-refractivity contribution is 0.0741. The molecular formula is C19H20N4O2. The summed E-state index contributed by atoms with van der Waals surface area (Å²) in [5.41, 5.74) is 2.45. The smallest absolute Gasteiger partial charge is 0.274 e. The molecule has 1 aliphatic rings. The van der Waals surface area contributed by atoms with Gasteiger partial charge in [-0.15, -0.1) is 0 Å². The molecule has 0 bridgehead atoms. The van der Waals surface area contributed by atoms with Crippen molar-refractivity contribution >= 4 is 17.2 Å². The average molecular weight is 336 g/mol. The van der Waals surface area contributed by atoms with Crippen LogP contribution in [-0.4, -0.2) is 53.5 Å². The van der Waals surface area contributed by atoms with Crippen molar-refractivity contribution in [2.45, 2.75) is 0 Å². The molecule has 0 aliphatic carbocycles. The molecule has 6 heteroatoms. The van der Waals surface area contributed by atoms with Crippen LogP contribution in [0.3, 0.4) is 0 Å². The van der Waals surface area contributed by atoms with Crippen molar-refractivity contribution in [3.8, 4) is 5.75 Å². The number of carbonyl (C=O) groups excluding carboxylic acids is 1. The monoisotopic (exact) mass is 336 g/mol. The van der Waals surface area contributed by atoms with E-state index in [1.54, 1.807) is 13.3 Å². The predicted octanol–water partition coefficient (Wildman–Crippen LogP) is 2.31. The number of methoxy groups -OCH3 is 1. The second-order valence-corrected chi connectivity index (χ2v) is 6.07. The van der Waals surface area contributed by atoms with Gasteiger partial charge in [-0.05, 0) is 36.4 Å². The Balaban J connectivity index is 1.43. The fraction of sp³-hybridized carbons (Fsp3) is 0.263. The summed E-state index contributed by atoms with van der Waals surface area (Å²) in [6.07, 6.45) is 3.70. The number of fused-ring (bicyclic) bond motifs is 1. The Hall–Kier alpha value is -3.02. The highest BCUT2D eigenvalue weighted by Gasteiger charge is 2.24. The Labute approximate surface area is 146 Å². The molecule has 3 aromatic rings. The second kappa shape index (κ2) is 6.47. The molecule has 0 atom stereocenters. The van der Waals surface area contributed by atoms with Crippen molar-refractivity contribution in [2.75, 3.05) is 38.2 Å². The highest BCUT2D eigenvalue weighted by Crippen LogP contribution is 2.21. The zero-order valence-electron chi connectivity index (χ0n) is 14.1. The SMILES string of the molecule is COc1ccc(N2CCN(C(=O)c3cn4ccccc4n3)CC2)cc1. The maximum Gasteiger partial charge on any atom is 0.274 e. The summed E-state index contributed by atoms with van der Waals surface area (Å²) in [6, 6.07) is 13.8. The number of amides is 1. The third kappa shape index (κ3) is 3.03. The first-order valence-electron chi connectivity index (χ1n) is 8.36. The van der Waals surface area contributed by atoms with Gasteiger partial charge in [0, 0.05) is 44.3 Å². The third-order valence-corrected chi connectivity index (χ3v) is 4.59. The van der Waals surface area contributed by atoms with Crippen molar-refractivity contribution in [2.24, 2.45) is 0 Å². The molecule has 25 heavy (non-hydrogen) atoms. The van der Waals surface area contributed by atoms with Crippen LogP contribution in [0, 0.1) is 0 Å². The van der Waals surface area contributed by atoms with Crippen LogP contribution in [0.2, 0.25) is 0 Å². The topological polar surface area (TPSA) is 50.1 Å². The number of piperazine rings is 1. The van der Waals surface area contributed by atoms with Crippen LogP contribution in [0.5, 0.6) is 5.75 Å². The van der Waals surface area contributed by atoms with Gasteiger partial charge in [-0.25, -0.2) is 4.98 Å². The zero-order chi connectivity index (χ0) is 17.2. The minimum absolute atomic E-state index is 0.00178. The minimum atomic E-state index is -0.00178. The zero-order valence-corrected chi connectivity index (χ0v) is 14.1. The van der Waals surface area contributed by atoms with E-state index in [1.165, 1.54) is 0 Å². The first-order valence-corrected chi connectivity index (χ1v) is 8.36. The van der Waals surface area contributed by atoms with Crippen LogP contribution in [0.15, 0.2) is 54.9 Å². The lowest BCUT2D eigenvalue weighted by atomic mass is 10.2. The quantitative estimate of drug-likeness (QED) is 0.736. The number of aromatic nitrogens is 2. The summed E-state index contributed by atoms with van der Waals surface area (Å²) < 4.78 is 7.07. The molecule has 4 rings (SSSR count). The molecule has 1 aromatic carbocycles. The fourth-order valence-corrected chi connectivity index (χ4v) is 3.16. The summed E-state index contributed by atoms with van der Waals surface area (Å²) >= 11 is 0.